The van der Waals surface area contributed by atoms with E-state index in [0.29, 0.717) is 5.92 Å². The highest BCUT2D eigenvalue weighted by Gasteiger charge is 2.39. The van der Waals surface area contributed by atoms with Crippen LogP contribution < -0.4 is 0 Å². The van der Waals surface area contributed by atoms with Crippen molar-refractivity contribution >= 4 is 21.9 Å². The largest absolute Gasteiger partial charge is 0.378 e. The molecule has 1 aromatic carbocycles. The summed E-state index contributed by atoms with van der Waals surface area (Å²) >= 11 is -0.974. The van der Waals surface area contributed by atoms with Gasteiger partial charge in [-0.2, -0.15) is 0 Å². The van der Waals surface area contributed by atoms with E-state index in [1.54, 1.807) is 24.7 Å². The van der Waals surface area contributed by atoms with Gasteiger partial charge >= 0.3 is 0 Å². The minimum absolute atomic E-state index is 0.292. The number of halogens is 1. The van der Waals surface area contributed by atoms with Gasteiger partial charge in [0.25, 0.3) is 0 Å². The van der Waals surface area contributed by atoms with E-state index in [1.807, 2.05) is 3.97 Å². The summed E-state index contributed by atoms with van der Waals surface area (Å²) in [6.07, 6.45) is 5.74. The van der Waals surface area contributed by atoms with E-state index in [0.717, 1.165) is 29.3 Å². The molecule has 1 aliphatic heterocycles. The summed E-state index contributed by atoms with van der Waals surface area (Å²) in [6, 6.07) is 6.04. The van der Waals surface area contributed by atoms with E-state index in [4.69, 9.17) is 0 Å². The van der Waals surface area contributed by atoms with Crippen LogP contribution in [0.15, 0.2) is 41.8 Å². The lowest BCUT2D eigenvalue weighted by Gasteiger charge is -2.26. The zero-order valence-corrected chi connectivity index (χ0v) is 11.5. The molecule has 1 N–H and O–H groups in total. The minimum atomic E-state index is -0.974. The third-order valence-corrected chi connectivity index (χ3v) is 6.11. The van der Waals surface area contributed by atoms with Gasteiger partial charge in [-0.05, 0) is 30.5 Å². The van der Waals surface area contributed by atoms with Crippen molar-refractivity contribution in [3.05, 3.63) is 48.2 Å². The van der Waals surface area contributed by atoms with Crippen molar-refractivity contribution in [3.63, 3.8) is 0 Å². The molecule has 2 aromatic rings. The molecule has 2 aliphatic rings. The second kappa shape index (κ2) is 4.43. The topological polar surface area (TPSA) is 50.4 Å². The van der Waals surface area contributed by atoms with Gasteiger partial charge in [0.2, 0.25) is 0 Å². The van der Waals surface area contributed by atoms with Crippen LogP contribution in [0.3, 0.4) is 0 Å². The van der Waals surface area contributed by atoms with Gasteiger partial charge in [0.15, 0.2) is 5.82 Å². The van der Waals surface area contributed by atoms with Crippen molar-refractivity contribution in [2.75, 3.05) is 0 Å². The number of hydrogen-bond acceptors (Lipinski definition) is 3. The summed E-state index contributed by atoms with van der Waals surface area (Å²) in [6.45, 7) is 0. The van der Waals surface area contributed by atoms with Crippen molar-refractivity contribution in [1.82, 2.24) is 8.96 Å². The molecule has 0 radical (unpaired) electrons. The summed E-state index contributed by atoms with van der Waals surface area (Å²) in [5, 5.41) is 11.8. The summed E-state index contributed by atoms with van der Waals surface area (Å²) in [7, 11) is 0. The van der Waals surface area contributed by atoms with E-state index in [1.165, 1.54) is 12.1 Å². The third-order valence-electron chi connectivity index (χ3n) is 3.64. The number of rotatable bonds is 3. The van der Waals surface area contributed by atoms with Crippen molar-refractivity contribution in [3.8, 4) is 0 Å². The number of benzene rings is 1. The first-order chi connectivity index (χ1) is 9.74. The van der Waals surface area contributed by atoms with Crippen LogP contribution in [0.25, 0.3) is 0 Å². The summed E-state index contributed by atoms with van der Waals surface area (Å²) < 4.78 is 15.0. The molecule has 6 heteroatoms. The van der Waals surface area contributed by atoms with E-state index in [9.17, 15) is 9.50 Å². The predicted molar refractivity (Wildman–Crippen MR) is 77.8 cm³/mol. The summed E-state index contributed by atoms with van der Waals surface area (Å²) in [4.78, 5) is 8.73. The van der Waals surface area contributed by atoms with Crippen molar-refractivity contribution < 1.29 is 9.50 Å². The molecule has 1 aromatic heterocycles. The maximum atomic E-state index is 13.0. The molecule has 2 atom stereocenters. The number of aliphatic imine (C=N–C) groups is 1. The average Bonchev–Trinajstić information content (AvgIpc) is 3.08. The van der Waals surface area contributed by atoms with Crippen LogP contribution in [0.4, 0.5) is 10.2 Å². The number of aliphatic hydroxyl groups is 1. The van der Waals surface area contributed by atoms with Crippen LogP contribution in [0.1, 0.15) is 23.8 Å². The maximum Gasteiger partial charge on any atom is 0.162 e. The standard InChI is InChI=1S/C14H14FN3OS/c15-11-5-3-10(4-6-11)14(19)20-13(9-1-2-9)17-12-7-16-8-18(12)20/h3-9,14,19-20H,1-2H2. The molecule has 1 saturated carbocycles. The number of fused-ring (bicyclic) bond motifs is 1. The first-order valence-electron chi connectivity index (χ1n) is 6.58. The van der Waals surface area contributed by atoms with Gasteiger partial charge in [0.05, 0.1) is 11.2 Å². The zero-order chi connectivity index (χ0) is 13.7. The van der Waals surface area contributed by atoms with Gasteiger partial charge in [0, 0.05) is 5.92 Å². The molecule has 20 heavy (non-hydrogen) atoms. The lowest BCUT2D eigenvalue weighted by atomic mass is 10.2. The Kier molecular flexibility index (Phi) is 2.68. The van der Waals surface area contributed by atoms with Crippen molar-refractivity contribution in [2.45, 2.75) is 18.3 Å². The molecular formula is C14H14FN3OS. The normalized spacial score (nSPS) is 24.3. The van der Waals surface area contributed by atoms with E-state index in [-0.39, 0.29) is 5.82 Å². The van der Waals surface area contributed by atoms with Gasteiger partial charge in [-0.3, -0.25) is 3.97 Å². The second-order valence-electron chi connectivity index (χ2n) is 5.11. The Morgan fingerprint density at radius 3 is 2.75 bits per heavy atom. The lowest BCUT2D eigenvalue weighted by Crippen LogP contribution is -2.11. The van der Waals surface area contributed by atoms with Gasteiger partial charge in [0.1, 0.15) is 17.6 Å². The molecule has 2 unspecified atom stereocenters. The third kappa shape index (κ3) is 1.87. The number of hydrogen-bond donors (Lipinski definition) is 2. The van der Waals surface area contributed by atoms with Gasteiger partial charge in [-0.15, -0.1) is 0 Å². The van der Waals surface area contributed by atoms with E-state index < -0.39 is 16.5 Å². The fourth-order valence-electron chi connectivity index (χ4n) is 2.45. The Hall–Kier alpha value is -1.66. The summed E-state index contributed by atoms with van der Waals surface area (Å²) in [5.74, 6) is 1.02. The van der Waals surface area contributed by atoms with E-state index in [2.05, 4.69) is 9.98 Å². The van der Waals surface area contributed by atoms with Crippen LogP contribution in [0, 0.1) is 11.7 Å². The molecule has 2 heterocycles. The number of nitrogens with zero attached hydrogens (tertiary/aromatic N) is 3. The molecule has 0 saturated heterocycles. The van der Waals surface area contributed by atoms with Crippen LogP contribution in [0.5, 0.6) is 0 Å². The summed E-state index contributed by atoms with van der Waals surface area (Å²) in [5.41, 5.74) is 0.0628. The molecule has 0 amide bonds. The molecule has 1 aliphatic carbocycles. The Bertz CT molecular complexity index is 678. The molecular weight excluding hydrogens is 277 g/mol. The fraction of sp³-hybridized carbons (Fsp3) is 0.286. The Labute approximate surface area is 118 Å². The van der Waals surface area contributed by atoms with E-state index >= 15 is 0 Å². The van der Waals surface area contributed by atoms with Crippen LogP contribution in [-0.4, -0.2) is 19.1 Å². The van der Waals surface area contributed by atoms with Crippen LogP contribution >= 0.6 is 11.1 Å². The van der Waals surface area contributed by atoms with Gasteiger partial charge in [-0.1, -0.05) is 23.2 Å². The second-order valence-corrected chi connectivity index (χ2v) is 7.18. The van der Waals surface area contributed by atoms with Gasteiger partial charge in [-0.25, -0.2) is 14.4 Å². The Morgan fingerprint density at radius 2 is 2.05 bits per heavy atom. The maximum absolute atomic E-state index is 13.0. The number of aliphatic hydroxyl groups excluding tert-OH is 1. The highest BCUT2D eigenvalue weighted by atomic mass is 32.2. The molecule has 104 valence electrons. The highest BCUT2D eigenvalue weighted by Crippen LogP contribution is 2.55. The van der Waals surface area contributed by atoms with Crippen molar-refractivity contribution in [2.24, 2.45) is 10.9 Å². The van der Waals surface area contributed by atoms with Gasteiger partial charge < -0.3 is 5.11 Å². The minimum Gasteiger partial charge on any atom is -0.378 e. The van der Waals surface area contributed by atoms with Crippen LogP contribution in [-0.2, 0) is 0 Å². The molecule has 4 rings (SSSR count). The van der Waals surface area contributed by atoms with Crippen molar-refractivity contribution in [1.29, 1.82) is 0 Å². The molecule has 0 bridgehead atoms. The lowest BCUT2D eigenvalue weighted by molar-refractivity contribution is 0.268. The Balaban J connectivity index is 1.72. The number of thiol groups is 1. The smallest absolute Gasteiger partial charge is 0.162 e. The first-order valence-corrected chi connectivity index (χ1v) is 7.94. The monoisotopic (exact) mass is 291 g/mol. The highest BCUT2D eigenvalue weighted by molar-refractivity contribution is 8.29. The van der Waals surface area contributed by atoms with Crippen LogP contribution in [0.2, 0.25) is 0 Å². The number of imidazole rings is 1. The quantitative estimate of drug-likeness (QED) is 0.854. The first kappa shape index (κ1) is 12.1. The zero-order valence-electron chi connectivity index (χ0n) is 10.6. The Morgan fingerprint density at radius 1 is 1.30 bits per heavy atom. The SMILES string of the molecule is OC(c1ccc(F)cc1)[SH]1C(C2CC2)=Nc2cncn21. The molecule has 4 nitrogen and oxygen atoms in total. The molecule has 0 spiro atoms. The predicted octanol–water partition coefficient (Wildman–Crippen LogP) is 2.93. The fourth-order valence-corrected chi connectivity index (χ4v) is 4.93. The number of aromatic nitrogens is 2. The molecule has 1 fully saturated rings. The average molecular weight is 291 g/mol.